The van der Waals surface area contributed by atoms with Crippen LogP contribution in [0.25, 0.3) is 11.0 Å². The van der Waals surface area contributed by atoms with Crippen molar-refractivity contribution in [3.05, 3.63) is 35.8 Å². The average Bonchev–Trinajstić information content (AvgIpc) is 2.74. The van der Waals surface area contributed by atoms with Gasteiger partial charge in [0.15, 0.2) is 5.78 Å². The summed E-state index contributed by atoms with van der Waals surface area (Å²) < 4.78 is 18.9. The molecule has 90 valence electrons. The third-order valence-electron chi connectivity index (χ3n) is 2.71. The topological polar surface area (TPSA) is 42.2 Å². The maximum atomic E-state index is 13.8. The summed E-state index contributed by atoms with van der Waals surface area (Å²) in [6, 6.07) is 4.05. The Morgan fingerprint density at radius 1 is 1.53 bits per heavy atom. The van der Waals surface area contributed by atoms with Crippen LogP contribution in [0.4, 0.5) is 4.39 Å². The summed E-state index contributed by atoms with van der Waals surface area (Å²) in [5.41, 5.74) is 0.597. The van der Waals surface area contributed by atoms with Crippen LogP contribution in [0.2, 0.25) is 0 Å². The third-order valence-corrected chi connectivity index (χ3v) is 2.71. The lowest BCUT2D eigenvalue weighted by atomic mass is 10.0. The number of furan rings is 1. The first-order valence-corrected chi connectivity index (χ1v) is 5.58. The van der Waals surface area contributed by atoms with Gasteiger partial charge in [0.2, 0.25) is 0 Å². The number of nitrogens with one attached hydrogen (secondary N) is 1. The second-order valence-corrected chi connectivity index (χ2v) is 3.93. The van der Waals surface area contributed by atoms with Crippen molar-refractivity contribution < 1.29 is 13.6 Å². The van der Waals surface area contributed by atoms with E-state index in [1.54, 1.807) is 13.0 Å². The second-order valence-electron chi connectivity index (χ2n) is 3.93. The van der Waals surface area contributed by atoms with Gasteiger partial charge in [-0.05, 0) is 31.7 Å². The van der Waals surface area contributed by atoms with Crippen LogP contribution in [0.15, 0.2) is 28.9 Å². The Kier molecular flexibility index (Phi) is 3.24. The monoisotopic (exact) mass is 235 g/mol. The number of halogens is 1. The van der Waals surface area contributed by atoms with Gasteiger partial charge in [0, 0.05) is 5.39 Å². The van der Waals surface area contributed by atoms with Crippen LogP contribution in [-0.2, 0) is 0 Å². The highest BCUT2D eigenvalue weighted by atomic mass is 19.1. The average molecular weight is 235 g/mol. The van der Waals surface area contributed by atoms with Crippen molar-refractivity contribution in [2.24, 2.45) is 0 Å². The van der Waals surface area contributed by atoms with Gasteiger partial charge < -0.3 is 9.73 Å². The zero-order chi connectivity index (χ0) is 12.4. The molecule has 17 heavy (non-hydrogen) atoms. The maximum absolute atomic E-state index is 13.8. The largest absolute Gasteiger partial charge is 0.464 e. The minimum Gasteiger partial charge on any atom is -0.464 e. The molecule has 0 amide bonds. The number of hydrogen-bond donors (Lipinski definition) is 1. The van der Waals surface area contributed by atoms with Gasteiger partial charge in [-0.3, -0.25) is 4.79 Å². The molecule has 0 unspecified atom stereocenters. The highest BCUT2D eigenvalue weighted by molar-refractivity contribution is 6.02. The van der Waals surface area contributed by atoms with E-state index in [-0.39, 0.29) is 11.3 Å². The summed E-state index contributed by atoms with van der Waals surface area (Å²) in [5.74, 6) is -0.767. The van der Waals surface area contributed by atoms with E-state index < -0.39 is 11.9 Å². The summed E-state index contributed by atoms with van der Waals surface area (Å²) in [5, 5.41) is 3.63. The van der Waals surface area contributed by atoms with Gasteiger partial charge >= 0.3 is 0 Å². The molecule has 2 aromatic rings. The molecule has 0 spiro atoms. The Morgan fingerprint density at radius 3 is 3.00 bits per heavy atom. The molecule has 0 bridgehead atoms. The molecule has 1 atom stereocenters. The van der Waals surface area contributed by atoms with Crippen LogP contribution in [0.3, 0.4) is 0 Å². The zero-order valence-electron chi connectivity index (χ0n) is 9.79. The van der Waals surface area contributed by atoms with Gasteiger partial charge in [0.1, 0.15) is 11.4 Å². The van der Waals surface area contributed by atoms with E-state index in [2.05, 4.69) is 5.32 Å². The van der Waals surface area contributed by atoms with E-state index in [4.69, 9.17) is 4.42 Å². The fraction of sp³-hybridized carbons (Fsp3) is 0.308. The number of ketones is 1. The van der Waals surface area contributed by atoms with Crippen LogP contribution < -0.4 is 5.32 Å². The van der Waals surface area contributed by atoms with Crippen LogP contribution in [0, 0.1) is 5.82 Å². The number of fused-ring (bicyclic) bond motifs is 1. The maximum Gasteiger partial charge on any atom is 0.182 e. The van der Waals surface area contributed by atoms with E-state index >= 15 is 0 Å². The molecule has 1 heterocycles. The van der Waals surface area contributed by atoms with Gasteiger partial charge in [0.05, 0.1) is 17.9 Å². The first-order chi connectivity index (χ1) is 8.13. The minimum atomic E-state index is -0.506. The van der Waals surface area contributed by atoms with Gasteiger partial charge in [-0.25, -0.2) is 4.39 Å². The van der Waals surface area contributed by atoms with Crippen LogP contribution in [0.5, 0.6) is 0 Å². The number of hydrogen-bond acceptors (Lipinski definition) is 3. The Morgan fingerprint density at radius 2 is 2.29 bits per heavy atom. The lowest BCUT2D eigenvalue weighted by molar-refractivity contribution is 0.0948. The normalized spacial score (nSPS) is 12.9. The summed E-state index contributed by atoms with van der Waals surface area (Å²) in [6.07, 6.45) is 1.48. The number of likely N-dealkylation sites (N-methyl/N-ethyl adjacent to an activating group) is 1. The summed E-state index contributed by atoms with van der Waals surface area (Å²) in [6.45, 7) is 4.28. The Hall–Kier alpha value is -1.68. The Balaban J connectivity index is 2.40. The smallest absolute Gasteiger partial charge is 0.182 e. The third kappa shape index (κ3) is 2.22. The molecule has 1 N–H and O–H groups in total. The van der Waals surface area contributed by atoms with Crippen molar-refractivity contribution in [1.29, 1.82) is 0 Å². The standard InChI is InChI=1S/C13H14FNO2/c1-3-15-8(2)13(16)10-7-12-9(4-5-17-12)6-11(10)14/h4-8,15H,3H2,1-2H3/t8-/m0/s1. The number of rotatable bonds is 4. The summed E-state index contributed by atoms with van der Waals surface area (Å²) in [7, 11) is 0. The summed E-state index contributed by atoms with van der Waals surface area (Å²) >= 11 is 0. The predicted molar refractivity (Wildman–Crippen MR) is 63.6 cm³/mol. The Bertz CT molecular complexity index is 547. The van der Waals surface area contributed by atoms with Crippen LogP contribution in [-0.4, -0.2) is 18.4 Å². The number of carbonyl (C=O) groups is 1. The van der Waals surface area contributed by atoms with Gasteiger partial charge in [-0.15, -0.1) is 0 Å². The molecule has 0 saturated heterocycles. The molecular formula is C13H14FNO2. The second kappa shape index (κ2) is 4.67. The molecule has 0 aliphatic heterocycles. The summed E-state index contributed by atoms with van der Waals surface area (Å²) in [4.78, 5) is 12.0. The fourth-order valence-electron chi connectivity index (χ4n) is 1.80. The van der Waals surface area contributed by atoms with Crippen LogP contribution in [0.1, 0.15) is 24.2 Å². The Labute approximate surface area is 98.6 Å². The first kappa shape index (κ1) is 11.8. The van der Waals surface area contributed by atoms with Crippen molar-refractivity contribution >= 4 is 16.8 Å². The van der Waals surface area contributed by atoms with E-state index in [0.29, 0.717) is 17.5 Å². The highest BCUT2D eigenvalue weighted by Gasteiger charge is 2.19. The SMILES string of the molecule is CCN[C@@H](C)C(=O)c1cc2occc2cc1F. The lowest BCUT2D eigenvalue weighted by Crippen LogP contribution is -2.34. The van der Waals surface area contributed by atoms with E-state index in [0.717, 1.165) is 0 Å². The van der Waals surface area contributed by atoms with Gasteiger partial charge in [-0.2, -0.15) is 0 Å². The quantitative estimate of drug-likeness (QED) is 0.828. The van der Waals surface area contributed by atoms with E-state index in [9.17, 15) is 9.18 Å². The number of benzene rings is 1. The van der Waals surface area contributed by atoms with Crippen molar-refractivity contribution in [1.82, 2.24) is 5.32 Å². The molecule has 4 heteroatoms. The van der Waals surface area contributed by atoms with E-state index in [1.165, 1.54) is 18.4 Å². The zero-order valence-corrected chi connectivity index (χ0v) is 9.79. The number of Topliss-reactive ketones (excluding diaryl/α,β-unsaturated/α-hetero) is 1. The molecule has 0 fully saturated rings. The number of carbonyl (C=O) groups excluding carboxylic acids is 1. The highest BCUT2D eigenvalue weighted by Crippen LogP contribution is 2.21. The minimum absolute atomic E-state index is 0.0703. The molecule has 1 aromatic carbocycles. The predicted octanol–water partition coefficient (Wildman–Crippen LogP) is 2.75. The fourth-order valence-corrected chi connectivity index (χ4v) is 1.80. The molecule has 0 saturated carbocycles. The molecule has 0 radical (unpaired) electrons. The molecule has 3 nitrogen and oxygen atoms in total. The van der Waals surface area contributed by atoms with E-state index in [1.807, 2.05) is 6.92 Å². The molecule has 2 rings (SSSR count). The van der Waals surface area contributed by atoms with Crippen molar-refractivity contribution in [3.8, 4) is 0 Å². The molecule has 0 aliphatic rings. The van der Waals surface area contributed by atoms with Crippen molar-refractivity contribution in [2.45, 2.75) is 19.9 Å². The lowest BCUT2D eigenvalue weighted by Gasteiger charge is -2.11. The van der Waals surface area contributed by atoms with Gasteiger partial charge in [0.25, 0.3) is 0 Å². The molecular weight excluding hydrogens is 221 g/mol. The van der Waals surface area contributed by atoms with Gasteiger partial charge in [-0.1, -0.05) is 6.92 Å². The first-order valence-electron chi connectivity index (χ1n) is 5.58. The molecule has 0 aliphatic carbocycles. The molecule has 1 aromatic heterocycles. The van der Waals surface area contributed by atoms with Crippen molar-refractivity contribution in [2.75, 3.05) is 6.54 Å². The van der Waals surface area contributed by atoms with Crippen LogP contribution >= 0.6 is 0 Å². The van der Waals surface area contributed by atoms with Crippen molar-refractivity contribution in [3.63, 3.8) is 0 Å².